The van der Waals surface area contributed by atoms with Crippen LogP contribution in [0.5, 0.6) is 0 Å². The van der Waals surface area contributed by atoms with E-state index >= 15 is 0 Å². The smallest absolute Gasteiger partial charge is 0.328 e. The van der Waals surface area contributed by atoms with Crippen LogP contribution in [0.15, 0.2) is 24.3 Å². The number of carbonyl (C=O) groups is 3. The number of nitrogens with one attached hydrogen (secondary N) is 1. The first-order valence-electron chi connectivity index (χ1n) is 9.39. The molecule has 0 saturated heterocycles. The molecule has 2 rings (SSSR count). The number of hydrogen-bond acceptors (Lipinski definition) is 6. The number of esters is 2. The molecule has 8 nitrogen and oxygen atoms in total. The lowest BCUT2D eigenvalue weighted by Gasteiger charge is -2.28. The van der Waals surface area contributed by atoms with Crippen molar-refractivity contribution in [3.8, 4) is 0 Å². The van der Waals surface area contributed by atoms with Gasteiger partial charge in [0.1, 0.15) is 18.2 Å². The molecule has 1 heterocycles. The first-order chi connectivity index (χ1) is 13.3. The van der Waals surface area contributed by atoms with E-state index < -0.39 is 34.9 Å². The molecule has 0 bridgehead atoms. The van der Waals surface area contributed by atoms with E-state index in [1.165, 1.54) is 11.8 Å². The number of amides is 1. The van der Waals surface area contributed by atoms with Crippen LogP contribution in [-0.4, -0.2) is 46.4 Å². The van der Waals surface area contributed by atoms with Crippen molar-refractivity contribution < 1.29 is 23.9 Å². The minimum absolute atomic E-state index is 0.127. The van der Waals surface area contributed by atoms with Crippen molar-refractivity contribution >= 4 is 28.7 Å². The Morgan fingerprint density at radius 3 is 2.28 bits per heavy atom. The van der Waals surface area contributed by atoms with E-state index in [0.717, 1.165) is 0 Å². The third-order valence-electron chi connectivity index (χ3n) is 4.15. The van der Waals surface area contributed by atoms with Gasteiger partial charge in [-0.05, 0) is 32.3 Å². The minimum atomic E-state index is -0.852. The van der Waals surface area contributed by atoms with Crippen molar-refractivity contribution in [3.63, 3.8) is 0 Å². The zero-order chi connectivity index (χ0) is 22.0. The van der Waals surface area contributed by atoms with Crippen LogP contribution in [0, 0.1) is 5.41 Å². The molecule has 158 valence electrons. The fraction of sp³-hybridized carbons (Fsp3) is 0.524. The number of rotatable bonds is 5. The molecular formula is C21H29N3O5. The summed E-state index contributed by atoms with van der Waals surface area (Å²) in [6.45, 7) is 10.7. The number of aromatic nitrogens is 2. The quantitative estimate of drug-likeness (QED) is 0.771. The summed E-state index contributed by atoms with van der Waals surface area (Å²) in [4.78, 5) is 37.3. The average molecular weight is 403 g/mol. The van der Waals surface area contributed by atoms with Crippen LogP contribution in [-0.2, 0) is 25.6 Å². The summed E-state index contributed by atoms with van der Waals surface area (Å²) in [7, 11) is 1.28. The van der Waals surface area contributed by atoms with E-state index in [1.54, 1.807) is 45.0 Å². The lowest BCUT2D eigenvalue weighted by molar-refractivity contribution is -0.155. The van der Waals surface area contributed by atoms with E-state index in [2.05, 4.69) is 10.4 Å². The Kier molecular flexibility index (Phi) is 6.35. The topological polar surface area (TPSA) is 99.5 Å². The number of nitrogens with zero attached hydrogens (tertiary/aromatic N) is 2. The lowest BCUT2D eigenvalue weighted by atomic mass is 9.86. The van der Waals surface area contributed by atoms with Gasteiger partial charge in [0.15, 0.2) is 5.69 Å². The van der Waals surface area contributed by atoms with E-state index in [0.29, 0.717) is 10.9 Å². The third kappa shape index (κ3) is 5.56. The summed E-state index contributed by atoms with van der Waals surface area (Å²) in [6.07, 6.45) is 0. The molecule has 0 aliphatic carbocycles. The number of ether oxygens (including phenoxy) is 2. The second-order valence-corrected chi connectivity index (χ2v) is 8.91. The molecule has 8 heteroatoms. The normalized spacial score (nSPS) is 13.1. The van der Waals surface area contributed by atoms with Gasteiger partial charge in [0, 0.05) is 5.39 Å². The van der Waals surface area contributed by atoms with Gasteiger partial charge in [0.2, 0.25) is 0 Å². The van der Waals surface area contributed by atoms with Gasteiger partial charge in [0.25, 0.3) is 5.91 Å². The van der Waals surface area contributed by atoms with Crippen LogP contribution >= 0.6 is 0 Å². The van der Waals surface area contributed by atoms with Crippen molar-refractivity contribution in [2.24, 2.45) is 5.41 Å². The molecule has 0 unspecified atom stereocenters. The second-order valence-electron chi connectivity index (χ2n) is 8.91. The van der Waals surface area contributed by atoms with E-state index in [4.69, 9.17) is 9.47 Å². The van der Waals surface area contributed by atoms with Gasteiger partial charge < -0.3 is 14.8 Å². The monoisotopic (exact) mass is 403 g/mol. The van der Waals surface area contributed by atoms with Crippen LogP contribution in [0.4, 0.5) is 0 Å². The van der Waals surface area contributed by atoms with Crippen LogP contribution in [0.3, 0.4) is 0 Å². The number of benzene rings is 1. The van der Waals surface area contributed by atoms with E-state index in [9.17, 15) is 14.4 Å². The fourth-order valence-corrected chi connectivity index (χ4v) is 2.86. The van der Waals surface area contributed by atoms with Gasteiger partial charge in [0.05, 0.1) is 12.6 Å². The van der Waals surface area contributed by atoms with Crippen molar-refractivity contribution in [2.45, 2.75) is 59.7 Å². The zero-order valence-electron chi connectivity index (χ0n) is 18.0. The number of para-hydroxylation sites is 1. The van der Waals surface area contributed by atoms with E-state index in [1.807, 2.05) is 20.8 Å². The molecule has 2 aromatic rings. The molecule has 1 amide bonds. The molecule has 29 heavy (non-hydrogen) atoms. The van der Waals surface area contributed by atoms with Gasteiger partial charge in [-0.1, -0.05) is 39.0 Å². The maximum Gasteiger partial charge on any atom is 0.328 e. The maximum atomic E-state index is 13.0. The first-order valence-corrected chi connectivity index (χ1v) is 9.39. The minimum Gasteiger partial charge on any atom is -0.467 e. The molecule has 0 aliphatic rings. The molecule has 0 aliphatic heterocycles. The van der Waals surface area contributed by atoms with Crippen molar-refractivity contribution in [1.29, 1.82) is 0 Å². The number of fused-ring (bicyclic) bond motifs is 1. The Bertz CT molecular complexity index is 919. The molecule has 1 aromatic carbocycles. The van der Waals surface area contributed by atoms with E-state index in [-0.39, 0.29) is 12.2 Å². The predicted octanol–water partition coefficient (Wildman–Crippen LogP) is 2.70. The van der Waals surface area contributed by atoms with Crippen LogP contribution in [0.25, 0.3) is 10.9 Å². The third-order valence-corrected chi connectivity index (χ3v) is 4.15. The van der Waals surface area contributed by atoms with Crippen molar-refractivity contribution in [3.05, 3.63) is 30.0 Å². The van der Waals surface area contributed by atoms with Crippen LogP contribution < -0.4 is 5.32 Å². The highest BCUT2D eigenvalue weighted by Gasteiger charge is 2.35. The summed E-state index contributed by atoms with van der Waals surface area (Å²) in [5, 5.41) is 7.62. The van der Waals surface area contributed by atoms with Crippen LogP contribution in [0.2, 0.25) is 0 Å². The number of carbonyl (C=O) groups excluding carboxylic acids is 3. The van der Waals surface area contributed by atoms with Crippen molar-refractivity contribution in [2.75, 3.05) is 7.11 Å². The highest BCUT2D eigenvalue weighted by atomic mass is 16.6. The summed E-state index contributed by atoms with van der Waals surface area (Å²) in [6, 6.07) is 6.23. The predicted molar refractivity (Wildman–Crippen MR) is 108 cm³/mol. The Morgan fingerprint density at radius 1 is 1.10 bits per heavy atom. The number of methoxy groups -OCH3 is 1. The Hall–Kier alpha value is -2.90. The lowest BCUT2D eigenvalue weighted by Crippen LogP contribution is -2.49. The van der Waals surface area contributed by atoms with Gasteiger partial charge in [-0.15, -0.1) is 0 Å². The molecule has 0 fully saturated rings. The first kappa shape index (κ1) is 22.4. The molecule has 1 atom stereocenters. The molecule has 1 N–H and O–H groups in total. The van der Waals surface area contributed by atoms with Gasteiger partial charge in [-0.3, -0.25) is 14.3 Å². The largest absolute Gasteiger partial charge is 0.467 e. The summed E-state index contributed by atoms with van der Waals surface area (Å²) in [5.74, 6) is -1.52. The highest BCUT2D eigenvalue weighted by molar-refractivity contribution is 6.06. The van der Waals surface area contributed by atoms with Gasteiger partial charge >= 0.3 is 11.9 Å². The SMILES string of the molecule is COC(=O)[C@@H](NC(=O)c1nn(CC(=O)OC(C)(C)C)c2ccccc12)C(C)(C)C. The zero-order valence-corrected chi connectivity index (χ0v) is 18.0. The molecular weight excluding hydrogens is 374 g/mol. The standard InChI is InChI=1S/C21H29N3O5/c1-20(2,3)17(19(27)28-7)22-18(26)16-13-10-8-9-11-14(13)24(23-16)12-15(25)29-21(4,5)6/h8-11,17H,12H2,1-7H3,(H,22,26)/t17-/m1/s1. The molecule has 1 aromatic heterocycles. The average Bonchev–Trinajstić information content (AvgIpc) is 2.95. The molecule has 0 spiro atoms. The van der Waals surface area contributed by atoms with Gasteiger partial charge in [-0.25, -0.2) is 4.79 Å². The van der Waals surface area contributed by atoms with Crippen LogP contribution in [0.1, 0.15) is 52.0 Å². The second kappa shape index (κ2) is 8.23. The maximum absolute atomic E-state index is 13.0. The number of hydrogen-bond donors (Lipinski definition) is 1. The summed E-state index contributed by atoms with van der Waals surface area (Å²) >= 11 is 0. The van der Waals surface area contributed by atoms with Gasteiger partial charge in [-0.2, -0.15) is 5.10 Å². The molecule has 0 saturated carbocycles. The summed E-state index contributed by atoms with van der Waals surface area (Å²) in [5.41, 5.74) is -0.436. The fourth-order valence-electron chi connectivity index (χ4n) is 2.86. The summed E-state index contributed by atoms with van der Waals surface area (Å²) < 4.78 is 11.6. The Labute approximate surface area is 170 Å². The Morgan fingerprint density at radius 2 is 1.72 bits per heavy atom. The van der Waals surface area contributed by atoms with Crippen molar-refractivity contribution in [1.82, 2.24) is 15.1 Å². The molecule has 0 radical (unpaired) electrons. The Balaban J connectivity index is 2.37. The highest BCUT2D eigenvalue weighted by Crippen LogP contribution is 2.23.